The molecule has 2 rings (SSSR count). The molecule has 0 amide bonds. The van der Waals surface area contributed by atoms with Crippen LogP contribution in [0.4, 0.5) is 5.69 Å². The zero-order valence-electron chi connectivity index (χ0n) is 9.48. The van der Waals surface area contributed by atoms with Gasteiger partial charge in [-0.1, -0.05) is 17.7 Å². The maximum absolute atomic E-state index is 8.99. The van der Waals surface area contributed by atoms with E-state index in [1.807, 2.05) is 25.1 Å². The Kier molecular flexibility index (Phi) is 3.55. The first kappa shape index (κ1) is 12.1. The number of allylic oxidation sites excluding steroid dienone is 1. The van der Waals surface area contributed by atoms with Gasteiger partial charge in [-0.15, -0.1) is 10.2 Å². The number of nitrogens with one attached hydrogen (secondary N) is 2. The van der Waals surface area contributed by atoms with Crippen LogP contribution in [0.15, 0.2) is 24.4 Å². The number of hydrogen-bond acceptors (Lipinski definition) is 5. The Morgan fingerprint density at radius 3 is 3.06 bits per heavy atom. The molecule has 1 heterocycles. The predicted octanol–water partition coefficient (Wildman–Crippen LogP) is 2.14. The third kappa shape index (κ3) is 2.64. The lowest BCUT2D eigenvalue weighted by atomic mass is 10.2. The quantitative estimate of drug-likeness (QED) is 0.825. The van der Waals surface area contributed by atoms with Crippen molar-refractivity contribution in [1.29, 1.82) is 5.26 Å². The molecule has 0 radical (unpaired) electrons. The third-order valence-corrected chi connectivity index (χ3v) is 2.53. The van der Waals surface area contributed by atoms with Crippen LogP contribution in [0.3, 0.4) is 0 Å². The number of benzene rings is 1. The van der Waals surface area contributed by atoms with Crippen LogP contribution in [-0.4, -0.2) is 20.6 Å². The van der Waals surface area contributed by atoms with Gasteiger partial charge in [0, 0.05) is 6.20 Å². The second-order valence-electron chi connectivity index (χ2n) is 3.53. The van der Waals surface area contributed by atoms with Crippen LogP contribution in [0.1, 0.15) is 11.4 Å². The van der Waals surface area contributed by atoms with Crippen molar-refractivity contribution in [2.75, 3.05) is 5.32 Å². The molecule has 7 heteroatoms. The summed E-state index contributed by atoms with van der Waals surface area (Å²) in [6.45, 7) is 1.95. The van der Waals surface area contributed by atoms with Crippen LogP contribution >= 0.6 is 11.6 Å². The van der Waals surface area contributed by atoms with E-state index in [2.05, 4.69) is 25.9 Å². The SMILES string of the molecule is Cc1ccc(Cl)c(NC=C(C#N)c2nn[nH]n2)c1. The second-order valence-corrected chi connectivity index (χ2v) is 3.94. The Bertz CT molecular complexity index is 611. The van der Waals surface area contributed by atoms with E-state index in [1.54, 1.807) is 6.07 Å². The number of aromatic amines is 1. The van der Waals surface area contributed by atoms with Crippen molar-refractivity contribution in [3.8, 4) is 6.07 Å². The molecule has 1 aromatic heterocycles. The molecule has 0 saturated heterocycles. The van der Waals surface area contributed by atoms with Crippen molar-refractivity contribution in [3.05, 3.63) is 40.8 Å². The zero-order chi connectivity index (χ0) is 13.0. The van der Waals surface area contributed by atoms with Crippen LogP contribution in [0.5, 0.6) is 0 Å². The standard InChI is InChI=1S/C11H9ClN6/c1-7-2-3-9(12)10(4-7)14-6-8(5-13)11-15-17-18-16-11/h2-4,6,14H,1H3,(H,15,16,17,18). The van der Waals surface area contributed by atoms with Gasteiger partial charge in [-0.2, -0.15) is 10.5 Å². The Balaban J connectivity index is 2.24. The number of nitriles is 1. The monoisotopic (exact) mass is 260 g/mol. The molecule has 0 aliphatic heterocycles. The summed E-state index contributed by atoms with van der Waals surface area (Å²) in [5, 5.41) is 25.7. The van der Waals surface area contributed by atoms with Crippen molar-refractivity contribution < 1.29 is 0 Å². The fourth-order valence-corrected chi connectivity index (χ4v) is 1.49. The summed E-state index contributed by atoms with van der Waals surface area (Å²) < 4.78 is 0. The van der Waals surface area contributed by atoms with Gasteiger partial charge < -0.3 is 5.32 Å². The number of aryl methyl sites for hydroxylation is 1. The molecular formula is C11H9ClN6. The minimum absolute atomic E-state index is 0.230. The van der Waals surface area contributed by atoms with Crippen LogP contribution < -0.4 is 5.32 Å². The minimum Gasteiger partial charge on any atom is -0.359 e. The molecule has 0 saturated carbocycles. The highest BCUT2D eigenvalue weighted by Crippen LogP contribution is 2.23. The summed E-state index contributed by atoms with van der Waals surface area (Å²) in [4.78, 5) is 0. The molecule has 18 heavy (non-hydrogen) atoms. The summed E-state index contributed by atoms with van der Waals surface area (Å²) in [6, 6.07) is 7.55. The van der Waals surface area contributed by atoms with Gasteiger partial charge in [0.15, 0.2) is 0 Å². The molecular weight excluding hydrogens is 252 g/mol. The van der Waals surface area contributed by atoms with Crippen LogP contribution in [0, 0.1) is 18.3 Å². The average Bonchev–Trinajstić information content (AvgIpc) is 2.88. The molecule has 2 aromatic rings. The molecule has 2 N–H and O–H groups in total. The van der Waals surface area contributed by atoms with Gasteiger partial charge in [0.1, 0.15) is 11.6 Å². The molecule has 0 spiro atoms. The molecule has 0 aliphatic carbocycles. The minimum atomic E-state index is 0.230. The Morgan fingerprint density at radius 1 is 1.56 bits per heavy atom. The van der Waals surface area contributed by atoms with Gasteiger partial charge in [-0.3, -0.25) is 0 Å². The van der Waals surface area contributed by atoms with E-state index in [4.69, 9.17) is 16.9 Å². The molecule has 6 nitrogen and oxygen atoms in total. The highest BCUT2D eigenvalue weighted by atomic mass is 35.5. The first-order valence-electron chi connectivity index (χ1n) is 5.07. The van der Waals surface area contributed by atoms with Crippen LogP contribution in [-0.2, 0) is 0 Å². The van der Waals surface area contributed by atoms with E-state index in [-0.39, 0.29) is 11.4 Å². The first-order chi connectivity index (χ1) is 8.70. The van der Waals surface area contributed by atoms with E-state index in [0.717, 1.165) is 5.56 Å². The maximum atomic E-state index is 8.99. The fourth-order valence-electron chi connectivity index (χ4n) is 1.32. The second kappa shape index (κ2) is 5.29. The predicted molar refractivity (Wildman–Crippen MR) is 67.6 cm³/mol. The van der Waals surface area contributed by atoms with Crippen molar-refractivity contribution in [2.24, 2.45) is 0 Å². The summed E-state index contributed by atoms with van der Waals surface area (Å²) in [6.07, 6.45) is 1.49. The molecule has 0 unspecified atom stereocenters. The molecule has 90 valence electrons. The summed E-state index contributed by atoms with van der Waals surface area (Å²) in [5.41, 5.74) is 2.04. The number of H-pyrrole nitrogens is 1. The number of halogens is 1. The topological polar surface area (TPSA) is 90.3 Å². The molecule has 1 aromatic carbocycles. The van der Waals surface area contributed by atoms with Gasteiger partial charge in [-0.05, 0) is 29.8 Å². The average molecular weight is 261 g/mol. The lowest BCUT2D eigenvalue weighted by molar-refractivity contribution is 0.881. The van der Waals surface area contributed by atoms with Crippen LogP contribution in [0.2, 0.25) is 5.02 Å². The van der Waals surface area contributed by atoms with Gasteiger partial charge in [-0.25, -0.2) is 0 Å². The number of aromatic nitrogens is 4. The summed E-state index contributed by atoms with van der Waals surface area (Å²) in [7, 11) is 0. The maximum Gasteiger partial charge on any atom is 0.216 e. The van der Waals surface area contributed by atoms with Gasteiger partial charge >= 0.3 is 0 Å². The van der Waals surface area contributed by atoms with E-state index in [0.29, 0.717) is 10.7 Å². The Labute approximate surface area is 108 Å². The van der Waals surface area contributed by atoms with E-state index < -0.39 is 0 Å². The molecule has 0 aliphatic rings. The number of tetrazole rings is 1. The number of rotatable bonds is 3. The van der Waals surface area contributed by atoms with Crippen molar-refractivity contribution >= 4 is 22.9 Å². The first-order valence-corrected chi connectivity index (χ1v) is 5.45. The number of anilines is 1. The van der Waals surface area contributed by atoms with Gasteiger partial charge in [0.2, 0.25) is 5.82 Å². The van der Waals surface area contributed by atoms with Crippen molar-refractivity contribution in [3.63, 3.8) is 0 Å². The largest absolute Gasteiger partial charge is 0.359 e. The van der Waals surface area contributed by atoms with Gasteiger partial charge in [0.05, 0.1) is 10.7 Å². The number of nitrogens with zero attached hydrogens (tertiary/aromatic N) is 4. The molecule has 0 bridgehead atoms. The lowest BCUT2D eigenvalue weighted by Crippen LogP contribution is -1.94. The highest BCUT2D eigenvalue weighted by Gasteiger charge is 2.06. The molecule has 0 atom stereocenters. The Hall–Kier alpha value is -2.39. The highest BCUT2D eigenvalue weighted by molar-refractivity contribution is 6.33. The zero-order valence-corrected chi connectivity index (χ0v) is 10.2. The fraction of sp³-hybridized carbons (Fsp3) is 0.0909. The Morgan fingerprint density at radius 2 is 2.39 bits per heavy atom. The van der Waals surface area contributed by atoms with Gasteiger partial charge in [0.25, 0.3) is 0 Å². The summed E-state index contributed by atoms with van der Waals surface area (Å²) >= 11 is 6.02. The number of hydrogen-bond donors (Lipinski definition) is 2. The van der Waals surface area contributed by atoms with Crippen molar-refractivity contribution in [2.45, 2.75) is 6.92 Å². The van der Waals surface area contributed by atoms with E-state index in [9.17, 15) is 0 Å². The third-order valence-electron chi connectivity index (χ3n) is 2.20. The summed E-state index contributed by atoms with van der Waals surface area (Å²) in [5.74, 6) is 0.230. The van der Waals surface area contributed by atoms with Crippen LogP contribution in [0.25, 0.3) is 5.57 Å². The smallest absolute Gasteiger partial charge is 0.216 e. The normalized spacial score (nSPS) is 11.1. The molecule has 0 fully saturated rings. The van der Waals surface area contributed by atoms with E-state index >= 15 is 0 Å². The lowest BCUT2D eigenvalue weighted by Gasteiger charge is -2.05. The van der Waals surface area contributed by atoms with E-state index in [1.165, 1.54) is 6.20 Å². The van der Waals surface area contributed by atoms with Crippen molar-refractivity contribution in [1.82, 2.24) is 20.6 Å².